The van der Waals surface area contributed by atoms with Gasteiger partial charge in [0.1, 0.15) is 5.60 Å². The van der Waals surface area contributed by atoms with Crippen LogP contribution in [-0.2, 0) is 4.74 Å². The van der Waals surface area contributed by atoms with Crippen LogP contribution >= 0.6 is 0 Å². The molecule has 0 aromatic heterocycles. The van der Waals surface area contributed by atoms with Gasteiger partial charge in [-0.1, -0.05) is 27.7 Å². The van der Waals surface area contributed by atoms with Crippen molar-refractivity contribution in [1.82, 2.24) is 10.2 Å². The van der Waals surface area contributed by atoms with E-state index in [1.54, 1.807) is 0 Å². The van der Waals surface area contributed by atoms with E-state index in [4.69, 9.17) is 4.74 Å². The van der Waals surface area contributed by atoms with Crippen molar-refractivity contribution >= 4 is 6.09 Å². The highest BCUT2D eigenvalue weighted by molar-refractivity contribution is 5.68. The fraction of sp³-hybridized carbons (Fsp3) is 0.950. The van der Waals surface area contributed by atoms with Gasteiger partial charge in [-0.25, -0.2) is 4.79 Å². The maximum atomic E-state index is 12.2. The summed E-state index contributed by atoms with van der Waals surface area (Å²) in [5.74, 6) is 0.547. The number of carbonyl (C=O) groups is 1. The first-order valence-corrected chi connectivity index (χ1v) is 9.57. The maximum Gasteiger partial charge on any atom is 0.410 e. The molecule has 24 heavy (non-hydrogen) atoms. The molecule has 0 bridgehead atoms. The molecule has 1 aliphatic heterocycles. The Labute approximate surface area is 148 Å². The molecule has 1 unspecified atom stereocenters. The van der Waals surface area contributed by atoms with Crippen LogP contribution in [0.2, 0.25) is 0 Å². The summed E-state index contributed by atoms with van der Waals surface area (Å²) in [4.78, 5) is 14.0. The second-order valence-corrected chi connectivity index (χ2v) is 10.6. The Morgan fingerprint density at radius 3 is 2.29 bits per heavy atom. The van der Waals surface area contributed by atoms with Crippen molar-refractivity contribution in [3.8, 4) is 0 Å². The zero-order chi connectivity index (χ0) is 18.2. The summed E-state index contributed by atoms with van der Waals surface area (Å²) in [6, 6.07) is 0.597. The SMILES string of the molecule is CC1(C)CC(NCC2CCN(C(=O)OC(C)(C)C)C2)CC(C)(C)C1. The molecule has 1 aliphatic carbocycles. The molecule has 1 heterocycles. The van der Waals surface area contributed by atoms with Crippen molar-refractivity contribution in [2.24, 2.45) is 16.7 Å². The molecule has 1 saturated heterocycles. The molecule has 0 aromatic carbocycles. The van der Waals surface area contributed by atoms with Gasteiger partial charge in [-0.2, -0.15) is 0 Å². The number of likely N-dealkylation sites (tertiary alicyclic amines) is 1. The van der Waals surface area contributed by atoms with E-state index >= 15 is 0 Å². The Kier molecular flexibility index (Phi) is 5.59. The predicted molar refractivity (Wildman–Crippen MR) is 99.1 cm³/mol. The number of ether oxygens (including phenoxy) is 1. The molecule has 1 amide bonds. The molecule has 2 fully saturated rings. The van der Waals surface area contributed by atoms with Gasteiger partial charge in [-0.3, -0.25) is 0 Å². The lowest BCUT2D eigenvalue weighted by Crippen LogP contribution is -2.45. The molecule has 0 aromatic rings. The van der Waals surface area contributed by atoms with Crippen molar-refractivity contribution in [2.45, 2.75) is 85.8 Å². The first-order chi connectivity index (χ1) is 10.9. The Morgan fingerprint density at radius 2 is 1.75 bits per heavy atom. The molecular weight excluding hydrogens is 300 g/mol. The van der Waals surface area contributed by atoms with E-state index in [9.17, 15) is 4.79 Å². The van der Waals surface area contributed by atoms with E-state index < -0.39 is 5.60 Å². The quantitative estimate of drug-likeness (QED) is 0.827. The van der Waals surface area contributed by atoms with Crippen molar-refractivity contribution in [3.05, 3.63) is 0 Å². The third-order valence-corrected chi connectivity index (χ3v) is 5.19. The van der Waals surface area contributed by atoms with Crippen LogP contribution in [-0.4, -0.2) is 42.3 Å². The van der Waals surface area contributed by atoms with Gasteiger partial charge in [0.25, 0.3) is 0 Å². The zero-order valence-corrected chi connectivity index (χ0v) is 16.9. The second kappa shape index (κ2) is 6.86. The molecule has 2 rings (SSSR count). The van der Waals surface area contributed by atoms with Gasteiger partial charge in [0.15, 0.2) is 0 Å². The van der Waals surface area contributed by atoms with Crippen molar-refractivity contribution in [3.63, 3.8) is 0 Å². The number of nitrogens with zero attached hydrogens (tertiary/aromatic N) is 1. The molecule has 4 nitrogen and oxygen atoms in total. The van der Waals surface area contributed by atoms with Gasteiger partial charge in [-0.15, -0.1) is 0 Å². The summed E-state index contributed by atoms with van der Waals surface area (Å²) in [7, 11) is 0. The van der Waals surface area contributed by atoms with Crippen molar-refractivity contribution in [1.29, 1.82) is 0 Å². The average molecular weight is 339 g/mol. The van der Waals surface area contributed by atoms with E-state index in [-0.39, 0.29) is 6.09 Å². The summed E-state index contributed by atoms with van der Waals surface area (Å²) >= 11 is 0. The first-order valence-electron chi connectivity index (χ1n) is 9.57. The lowest BCUT2D eigenvalue weighted by atomic mass is 9.63. The van der Waals surface area contributed by atoms with Crippen molar-refractivity contribution < 1.29 is 9.53 Å². The van der Waals surface area contributed by atoms with Crippen LogP contribution in [0.25, 0.3) is 0 Å². The van der Waals surface area contributed by atoms with Crippen LogP contribution < -0.4 is 5.32 Å². The molecule has 0 radical (unpaired) electrons. The van der Waals surface area contributed by atoms with Gasteiger partial charge in [0.2, 0.25) is 0 Å². The number of hydrogen-bond donors (Lipinski definition) is 1. The molecule has 1 N–H and O–H groups in total. The van der Waals surface area contributed by atoms with E-state index in [1.807, 2.05) is 25.7 Å². The summed E-state index contributed by atoms with van der Waals surface area (Å²) in [5.41, 5.74) is 0.419. The number of carbonyl (C=O) groups excluding carboxylic acids is 1. The van der Waals surface area contributed by atoms with Crippen LogP contribution in [0.3, 0.4) is 0 Å². The number of amides is 1. The highest BCUT2D eigenvalue weighted by atomic mass is 16.6. The fourth-order valence-electron chi connectivity index (χ4n) is 4.82. The molecular formula is C20H38N2O2. The van der Waals surface area contributed by atoms with Gasteiger partial charge in [0, 0.05) is 19.1 Å². The summed E-state index contributed by atoms with van der Waals surface area (Å²) in [5, 5.41) is 3.80. The third kappa shape index (κ3) is 5.94. The topological polar surface area (TPSA) is 41.6 Å². The molecule has 4 heteroatoms. The Bertz CT molecular complexity index is 435. The maximum absolute atomic E-state index is 12.2. The van der Waals surface area contributed by atoms with Crippen molar-refractivity contribution in [2.75, 3.05) is 19.6 Å². The number of nitrogens with one attached hydrogen (secondary N) is 1. The minimum Gasteiger partial charge on any atom is -0.444 e. The zero-order valence-electron chi connectivity index (χ0n) is 16.9. The van der Waals surface area contributed by atoms with Crippen LogP contribution in [0.1, 0.15) is 74.1 Å². The third-order valence-electron chi connectivity index (χ3n) is 5.19. The molecule has 2 aliphatic rings. The molecule has 1 saturated carbocycles. The van der Waals surface area contributed by atoms with Crippen LogP contribution in [0, 0.1) is 16.7 Å². The lowest BCUT2D eigenvalue weighted by molar-refractivity contribution is 0.0287. The highest BCUT2D eigenvalue weighted by Gasteiger charge is 2.38. The van der Waals surface area contributed by atoms with Crippen LogP contribution in [0.4, 0.5) is 4.79 Å². The van der Waals surface area contributed by atoms with Gasteiger partial charge < -0.3 is 15.0 Å². The normalized spacial score (nSPS) is 27.3. The minimum atomic E-state index is -0.410. The first kappa shape index (κ1) is 19.6. The standard InChI is InChI=1S/C20H38N2O2/c1-18(2,3)24-17(23)22-9-8-15(13-22)12-21-16-10-19(4,5)14-20(6,7)11-16/h15-16,21H,8-14H2,1-7H3. The molecule has 1 atom stereocenters. The number of rotatable bonds is 3. The van der Waals surface area contributed by atoms with E-state index in [1.165, 1.54) is 19.3 Å². The fourth-order valence-corrected chi connectivity index (χ4v) is 4.82. The number of hydrogen-bond acceptors (Lipinski definition) is 3. The molecule has 0 spiro atoms. The summed E-state index contributed by atoms with van der Waals surface area (Å²) < 4.78 is 5.49. The van der Waals surface area contributed by atoms with E-state index in [2.05, 4.69) is 33.0 Å². The summed E-state index contributed by atoms with van der Waals surface area (Å²) in [6.07, 6.45) is 4.71. The Balaban J connectivity index is 1.79. The van der Waals surface area contributed by atoms with E-state index in [0.717, 1.165) is 26.1 Å². The highest BCUT2D eigenvalue weighted by Crippen LogP contribution is 2.45. The van der Waals surface area contributed by atoms with Gasteiger partial charge >= 0.3 is 6.09 Å². The monoisotopic (exact) mass is 338 g/mol. The molecule has 140 valence electrons. The van der Waals surface area contributed by atoms with Gasteiger partial charge in [-0.05, 0) is 69.7 Å². The Hall–Kier alpha value is -0.770. The van der Waals surface area contributed by atoms with E-state index in [0.29, 0.717) is 22.8 Å². The smallest absolute Gasteiger partial charge is 0.410 e. The Morgan fingerprint density at radius 1 is 1.17 bits per heavy atom. The minimum absolute atomic E-state index is 0.162. The summed E-state index contributed by atoms with van der Waals surface area (Å²) in [6.45, 7) is 18.0. The predicted octanol–water partition coefficient (Wildman–Crippen LogP) is 4.44. The lowest BCUT2D eigenvalue weighted by Gasteiger charge is -2.45. The van der Waals surface area contributed by atoms with Gasteiger partial charge in [0.05, 0.1) is 0 Å². The van der Waals surface area contributed by atoms with Crippen LogP contribution in [0.15, 0.2) is 0 Å². The average Bonchev–Trinajstić information content (AvgIpc) is 2.79. The second-order valence-electron chi connectivity index (χ2n) is 10.6. The largest absolute Gasteiger partial charge is 0.444 e. The van der Waals surface area contributed by atoms with Crippen LogP contribution in [0.5, 0.6) is 0 Å².